The molecule has 0 saturated carbocycles. The lowest BCUT2D eigenvalue weighted by Gasteiger charge is -2.33. The van der Waals surface area contributed by atoms with E-state index in [1.54, 1.807) is 0 Å². The van der Waals surface area contributed by atoms with Crippen molar-refractivity contribution in [3.8, 4) is 0 Å². The normalized spacial score (nSPS) is 17.7. The average molecular weight is 364 g/mol. The van der Waals surface area contributed by atoms with Gasteiger partial charge in [0.05, 0.1) is 17.2 Å². The smallest absolute Gasteiger partial charge is 0.147 e. The van der Waals surface area contributed by atoms with Crippen LogP contribution >= 0.6 is 0 Å². The molecule has 0 N–H and O–H groups in total. The van der Waals surface area contributed by atoms with E-state index in [4.69, 9.17) is 9.97 Å². The molecule has 6 nitrogen and oxygen atoms in total. The van der Waals surface area contributed by atoms with Crippen molar-refractivity contribution in [2.75, 3.05) is 38.6 Å². The van der Waals surface area contributed by atoms with Crippen LogP contribution in [0.3, 0.4) is 0 Å². The zero-order valence-corrected chi connectivity index (χ0v) is 16.3. The molecule has 1 aliphatic rings. The highest BCUT2D eigenvalue weighted by atomic mass is 15.2. The molecule has 3 heterocycles. The van der Waals surface area contributed by atoms with E-state index in [1.807, 2.05) is 36.7 Å². The second-order valence-corrected chi connectivity index (χ2v) is 7.64. The number of aryl methyl sites for hydroxylation is 1. The van der Waals surface area contributed by atoms with Crippen molar-refractivity contribution in [3.63, 3.8) is 0 Å². The maximum atomic E-state index is 4.84. The number of para-hydroxylation sites is 2. The van der Waals surface area contributed by atoms with Crippen molar-refractivity contribution in [2.24, 2.45) is 0 Å². The van der Waals surface area contributed by atoms with E-state index >= 15 is 0 Å². The molecular formula is C21H28N6. The number of fused-ring (bicyclic) bond motifs is 1. The Bertz CT molecular complexity index is 887. The fourth-order valence-corrected chi connectivity index (χ4v) is 3.92. The molecule has 1 atom stereocenters. The first-order valence-corrected chi connectivity index (χ1v) is 9.83. The molecule has 0 unspecified atom stereocenters. The minimum Gasteiger partial charge on any atom is -0.355 e. The number of anilines is 1. The number of imidazole rings is 1. The third-order valence-corrected chi connectivity index (χ3v) is 5.30. The van der Waals surface area contributed by atoms with Crippen LogP contribution in [-0.2, 0) is 6.54 Å². The van der Waals surface area contributed by atoms with Gasteiger partial charge in [-0.3, -0.25) is 4.98 Å². The summed E-state index contributed by atoms with van der Waals surface area (Å²) in [6.07, 6.45) is 9.46. The van der Waals surface area contributed by atoms with Gasteiger partial charge >= 0.3 is 0 Å². The summed E-state index contributed by atoms with van der Waals surface area (Å²) in [6, 6.07) is 8.06. The standard InChI is InChI=1S/C21H28N6/c1-25(2)11-6-13-26-14-10-22-21(26)17-7-5-12-27(16-17)20-15-23-18-8-3-4-9-19(18)24-20/h3-4,8-10,14-15,17H,5-7,11-13,16H2,1-2H3/t17-/m0/s1. The van der Waals surface area contributed by atoms with Crippen molar-refractivity contribution < 1.29 is 0 Å². The number of aromatic nitrogens is 4. The largest absolute Gasteiger partial charge is 0.355 e. The quantitative estimate of drug-likeness (QED) is 0.672. The van der Waals surface area contributed by atoms with Crippen LogP contribution in [0.2, 0.25) is 0 Å². The second-order valence-electron chi connectivity index (χ2n) is 7.64. The van der Waals surface area contributed by atoms with Crippen molar-refractivity contribution >= 4 is 16.9 Å². The van der Waals surface area contributed by atoms with E-state index < -0.39 is 0 Å². The van der Waals surface area contributed by atoms with Crippen LogP contribution in [-0.4, -0.2) is 58.1 Å². The van der Waals surface area contributed by atoms with Gasteiger partial charge in [-0.15, -0.1) is 0 Å². The van der Waals surface area contributed by atoms with Crippen LogP contribution in [0.1, 0.15) is 31.0 Å². The summed E-state index contributed by atoms with van der Waals surface area (Å²) >= 11 is 0. The summed E-state index contributed by atoms with van der Waals surface area (Å²) in [7, 11) is 4.25. The van der Waals surface area contributed by atoms with Gasteiger partial charge in [0.15, 0.2) is 0 Å². The first-order valence-electron chi connectivity index (χ1n) is 9.83. The molecular weight excluding hydrogens is 336 g/mol. The molecule has 1 aliphatic heterocycles. The number of rotatable bonds is 6. The average Bonchev–Trinajstić information content (AvgIpc) is 3.16. The predicted octanol–water partition coefficient (Wildman–Crippen LogP) is 3.16. The Morgan fingerprint density at radius 1 is 1.15 bits per heavy atom. The Labute approximate surface area is 160 Å². The van der Waals surface area contributed by atoms with Crippen LogP contribution in [0.25, 0.3) is 11.0 Å². The Hall–Kier alpha value is -2.47. The Kier molecular flexibility index (Phi) is 5.34. The van der Waals surface area contributed by atoms with Crippen molar-refractivity contribution in [1.29, 1.82) is 0 Å². The highest BCUT2D eigenvalue weighted by Gasteiger charge is 2.25. The van der Waals surface area contributed by atoms with Gasteiger partial charge < -0.3 is 14.4 Å². The van der Waals surface area contributed by atoms with Crippen molar-refractivity contribution in [1.82, 2.24) is 24.4 Å². The minimum absolute atomic E-state index is 0.446. The van der Waals surface area contributed by atoms with Crippen LogP contribution in [0, 0.1) is 0 Å². The zero-order valence-electron chi connectivity index (χ0n) is 16.3. The van der Waals surface area contributed by atoms with E-state index in [9.17, 15) is 0 Å². The lowest BCUT2D eigenvalue weighted by atomic mass is 9.97. The SMILES string of the molecule is CN(C)CCCn1ccnc1[C@H]1CCCN(c2cnc3ccccc3n2)C1. The molecule has 142 valence electrons. The minimum atomic E-state index is 0.446. The molecule has 0 radical (unpaired) electrons. The highest BCUT2D eigenvalue weighted by molar-refractivity contribution is 5.75. The van der Waals surface area contributed by atoms with Gasteiger partial charge in [0, 0.05) is 37.9 Å². The number of hydrogen-bond acceptors (Lipinski definition) is 5. The molecule has 0 amide bonds. The molecule has 1 fully saturated rings. The lowest BCUT2D eigenvalue weighted by molar-refractivity contribution is 0.380. The van der Waals surface area contributed by atoms with Gasteiger partial charge in [-0.2, -0.15) is 0 Å². The highest BCUT2D eigenvalue weighted by Crippen LogP contribution is 2.29. The van der Waals surface area contributed by atoms with E-state index in [-0.39, 0.29) is 0 Å². The van der Waals surface area contributed by atoms with Gasteiger partial charge in [0.25, 0.3) is 0 Å². The Morgan fingerprint density at radius 3 is 2.85 bits per heavy atom. The Morgan fingerprint density at radius 2 is 2.00 bits per heavy atom. The fraction of sp³-hybridized carbons (Fsp3) is 0.476. The van der Waals surface area contributed by atoms with Gasteiger partial charge in [-0.1, -0.05) is 12.1 Å². The molecule has 0 spiro atoms. The molecule has 6 heteroatoms. The van der Waals surface area contributed by atoms with Gasteiger partial charge in [-0.25, -0.2) is 9.97 Å². The molecule has 2 aromatic heterocycles. The third-order valence-electron chi connectivity index (χ3n) is 5.30. The number of nitrogens with zero attached hydrogens (tertiary/aromatic N) is 6. The summed E-state index contributed by atoms with van der Waals surface area (Å²) in [5.74, 6) is 2.64. The van der Waals surface area contributed by atoms with Gasteiger partial charge in [0.1, 0.15) is 11.6 Å². The summed E-state index contributed by atoms with van der Waals surface area (Å²) < 4.78 is 2.34. The summed E-state index contributed by atoms with van der Waals surface area (Å²) in [4.78, 5) is 18.7. The maximum absolute atomic E-state index is 4.84. The molecule has 4 rings (SSSR count). The monoisotopic (exact) mass is 364 g/mol. The topological polar surface area (TPSA) is 50.1 Å². The molecule has 3 aromatic rings. The van der Waals surface area contributed by atoms with Crippen LogP contribution < -0.4 is 4.90 Å². The maximum Gasteiger partial charge on any atom is 0.147 e. The van der Waals surface area contributed by atoms with Crippen LogP contribution in [0.15, 0.2) is 42.9 Å². The molecule has 0 bridgehead atoms. The third kappa shape index (κ3) is 4.11. The summed E-state index contributed by atoms with van der Waals surface area (Å²) in [6.45, 7) is 4.11. The molecule has 0 aliphatic carbocycles. The molecule has 1 saturated heterocycles. The first-order chi connectivity index (χ1) is 13.2. The van der Waals surface area contributed by atoms with E-state index in [0.29, 0.717) is 5.92 Å². The zero-order chi connectivity index (χ0) is 18.6. The molecule has 1 aromatic carbocycles. The lowest BCUT2D eigenvalue weighted by Crippen LogP contribution is -2.36. The summed E-state index contributed by atoms with van der Waals surface area (Å²) in [5.41, 5.74) is 1.91. The first kappa shape index (κ1) is 17.9. The second kappa shape index (κ2) is 8.05. The van der Waals surface area contributed by atoms with Crippen LogP contribution in [0.4, 0.5) is 5.82 Å². The number of benzene rings is 1. The summed E-state index contributed by atoms with van der Waals surface area (Å²) in [5, 5.41) is 0. The van der Waals surface area contributed by atoms with Crippen molar-refractivity contribution in [3.05, 3.63) is 48.7 Å². The number of piperidine rings is 1. The van der Waals surface area contributed by atoms with Gasteiger partial charge in [0.2, 0.25) is 0 Å². The predicted molar refractivity (Wildman–Crippen MR) is 109 cm³/mol. The van der Waals surface area contributed by atoms with Gasteiger partial charge in [-0.05, 0) is 52.0 Å². The Balaban J connectivity index is 1.49. The van der Waals surface area contributed by atoms with E-state index in [2.05, 4.69) is 39.6 Å². The van der Waals surface area contributed by atoms with E-state index in [1.165, 1.54) is 12.2 Å². The van der Waals surface area contributed by atoms with Crippen molar-refractivity contribution in [2.45, 2.75) is 31.7 Å². The van der Waals surface area contributed by atoms with E-state index in [0.717, 1.165) is 55.9 Å². The molecule has 27 heavy (non-hydrogen) atoms. The fourth-order valence-electron chi connectivity index (χ4n) is 3.92. The van der Waals surface area contributed by atoms with Crippen LogP contribution in [0.5, 0.6) is 0 Å². The number of hydrogen-bond donors (Lipinski definition) is 0.